The molecule has 0 bridgehead atoms. The molecule has 1 amide bonds. The van der Waals surface area contributed by atoms with Crippen molar-refractivity contribution in [3.8, 4) is 0 Å². The topological polar surface area (TPSA) is 20.3 Å². The average Bonchev–Trinajstić information content (AvgIpc) is 2.45. The summed E-state index contributed by atoms with van der Waals surface area (Å²) < 4.78 is 14.0. The van der Waals surface area contributed by atoms with Crippen LogP contribution in [0.1, 0.15) is 35.8 Å². The van der Waals surface area contributed by atoms with Gasteiger partial charge in [-0.2, -0.15) is 0 Å². The Kier molecular flexibility index (Phi) is 3.69. The molecule has 0 aromatic heterocycles. The van der Waals surface area contributed by atoms with Crippen LogP contribution in [0, 0.1) is 11.2 Å². The number of carbonyl (C=O) groups is 1. The lowest BCUT2D eigenvalue weighted by atomic mass is 9.71. The summed E-state index contributed by atoms with van der Waals surface area (Å²) in [6.45, 7) is 4.84. The summed E-state index contributed by atoms with van der Waals surface area (Å²) in [6.07, 6.45) is 0. The summed E-state index contributed by atoms with van der Waals surface area (Å²) in [5.41, 5.74) is 1.11. The second-order valence-corrected chi connectivity index (χ2v) is 6.80. The van der Waals surface area contributed by atoms with Crippen molar-refractivity contribution >= 4 is 17.5 Å². The van der Waals surface area contributed by atoms with Crippen molar-refractivity contribution in [3.05, 3.63) is 70.5 Å². The second-order valence-electron chi connectivity index (χ2n) is 6.36. The average molecular weight is 318 g/mol. The van der Waals surface area contributed by atoms with Gasteiger partial charge in [0.05, 0.1) is 11.6 Å². The van der Waals surface area contributed by atoms with Crippen LogP contribution in [0.4, 0.5) is 4.39 Å². The first-order valence-corrected chi connectivity index (χ1v) is 7.59. The van der Waals surface area contributed by atoms with Crippen molar-refractivity contribution < 1.29 is 9.18 Å². The van der Waals surface area contributed by atoms with Crippen molar-refractivity contribution in [2.75, 3.05) is 6.54 Å². The van der Waals surface area contributed by atoms with E-state index in [4.69, 9.17) is 11.6 Å². The normalized spacial score (nSPS) is 19.6. The van der Waals surface area contributed by atoms with Crippen molar-refractivity contribution in [2.45, 2.75) is 19.9 Å². The van der Waals surface area contributed by atoms with Crippen molar-refractivity contribution in [2.24, 2.45) is 5.41 Å². The monoisotopic (exact) mass is 317 g/mol. The summed E-state index contributed by atoms with van der Waals surface area (Å²) in [6, 6.07) is 14.0. The summed E-state index contributed by atoms with van der Waals surface area (Å²) >= 11 is 5.75. The molecule has 1 saturated heterocycles. The Bertz CT molecular complexity index is 714. The molecule has 2 nitrogen and oxygen atoms in total. The van der Waals surface area contributed by atoms with Crippen LogP contribution >= 0.6 is 11.6 Å². The highest BCUT2D eigenvalue weighted by Gasteiger charge is 2.49. The maximum atomic E-state index is 14.0. The van der Waals surface area contributed by atoms with Crippen LogP contribution < -0.4 is 0 Å². The number of benzene rings is 2. The molecule has 0 aliphatic carbocycles. The molecule has 1 fully saturated rings. The summed E-state index contributed by atoms with van der Waals surface area (Å²) in [5, 5.41) is 0.289. The van der Waals surface area contributed by atoms with Gasteiger partial charge in [-0.25, -0.2) is 4.39 Å². The molecule has 22 heavy (non-hydrogen) atoms. The first-order valence-electron chi connectivity index (χ1n) is 7.21. The molecule has 0 radical (unpaired) electrons. The molecule has 2 aromatic carbocycles. The molecule has 1 heterocycles. The van der Waals surface area contributed by atoms with E-state index in [0.717, 1.165) is 5.56 Å². The number of carbonyl (C=O) groups excluding carboxylic acids is 1. The van der Waals surface area contributed by atoms with E-state index in [2.05, 4.69) is 13.8 Å². The fraction of sp³-hybridized carbons (Fsp3) is 0.278. The number of amides is 1. The zero-order valence-corrected chi connectivity index (χ0v) is 13.3. The maximum absolute atomic E-state index is 14.0. The minimum Gasteiger partial charge on any atom is -0.330 e. The van der Waals surface area contributed by atoms with Gasteiger partial charge in [-0.3, -0.25) is 4.79 Å². The van der Waals surface area contributed by atoms with Crippen LogP contribution in [-0.2, 0) is 0 Å². The molecule has 4 heteroatoms. The Labute approximate surface area is 134 Å². The highest BCUT2D eigenvalue weighted by Crippen LogP contribution is 2.48. The first kappa shape index (κ1) is 15.0. The van der Waals surface area contributed by atoms with Gasteiger partial charge in [0.1, 0.15) is 5.82 Å². The molecule has 0 saturated carbocycles. The SMILES string of the molecule is CC1(C)CN(C(=O)c2ccc(Cl)cc2F)[C@H]1c1ccccc1. The van der Waals surface area contributed by atoms with Gasteiger partial charge in [-0.1, -0.05) is 55.8 Å². The molecule has 1 atom stereocenters. The lowest BCUT2D eigenvalue weighted by Gasteiger charge is -2.54. The van der Waals surface area contributed by atoms with Gasteiger partial charge in [-0.05, 0) is 23.8 Å². The maximum Gasteiger partial charge on any atom is 0.257 e. The van der Waals surface area contributed by atoms with E-state index in [-0.39, 0.29) is 28.0 Å². The third kappa shape index (κ3) is 2.50. The van der Waals surface area contributed by atoms with E-state index in [9.17, 15) is 9.18 Å². The molecular weight excluding hydrogens is 301 g/mol. The third-order valence-corrected chi connectivity index (χ3v) is 4.40. The van der Waals surface area contributed by atoms with Crippen LogP contribution in [0.15, 0.2) is 48.5 Å². The Balaban J connectivity index is 1.93. The van der Waals surface area contributed by atoms with Gasteiger partial charge in [0.15, 0.2) is 0 Å². The molecule has 1 aliphatic heterocycles. The first-order chi connectivity index (χ1) is 10.4. The number of hydrogen-bond acceptors (Lipinski definition) is 1. The van der Waals surface area contributed by atoms with Crippen molar-refractivity contribution in [1.29, 1.82) is 0 Å². The third-order valence-electron chi connectivity index (χ3n) is 4.17. The lowest BCUT2D eigenvalue weighted by molar-refractivity contribution is -0.0325. The van der Waals surface area contributed by atoms with Gasteiger partial charge in [-0.15, -0.1) is 0 Å². The van der Waals surface area contributed by atoms with Gasteiger partial charge in [0.25, 0.3) is 5.91 Å². The molecule has 3 rings (SSSR count). The van der Waals surface area contributed by atoms with Gasteiger partial charge >= 0.3 is 0 Å². The summed E-state index contributed by atoms with van der Waals surface area (Å²) in [4.78, 5) is 14.4. The van der Waals surface area contributed by atoms with Crippen molar-refractivity contribution in [1.82, 2.24) is 4.90 Å². The second kappa shape index (κ2) is 5.40. The number of likely N-dealkylation sites (tertiary alicyclic amines) is 1. The molecule has 2 aromatic rings. The van der Waals surface area contributed by atoms with Crippen LogP contribution in [0.3, 0.4) is 0 Å². The van der Waals surface area contributed by atoms with E-state index in [1.54, 1.807) is 11.0 Å². The van der Waals surface area contributed by atoms with Crippen LogP contribution in [0.25, 0.3) is 0 Å². The molecular formula is C18H17ClFNO. The number of hydrogen-bond donors (Lipinski definition) is 0. The van der Waals surface area contributed by atoms with Crippen LogP contribution in [0.2, 0.25) is 5.02 Å². The van der Waals surface area contributed by atoms with Gasteiger partial charge < -0.3 is 4.90 Å². The fourth-order valence-corrected chi connectivity index (χ4v) is 3.36. The van der Waals surface area contributed by atoms with E-state index in [1.165, 1.54) is 12.1 Å². The summed E-state index contributed by atoms with van der Waals surface area (Å²) in [7, 11) is 0. The predicted octanol–water partition coefficient (Wildman–Crippen LogP) is 4.70. The minimum absolute atomic E-state index is 0.0279. The largest absolute Gasteiger partial charge is 0.330 e. The molecule has 0 unspecified atom stereocenters. The number of halogens is 2. The Morgan fingerprint density at radius 3 is 2.50 bits per heavy atom. The van der Waals surface area contributed by atoms with Gasteiger partial charge in [0.2, 0.25) is 0 Å². The Morgan fingerprint density at radius 2 is 1.91 bits per heavy atom. The summed E-state index contributed by atoms with van der Waals surface area (Å²) in [5.74, 6) is -0.864. The Morgan fingerprint density at radius 1 is 1.23 bits per heavy atom. The minimum atomic E-state index is -0.575. The standard InChI is InChI=1S/C18H17ClFNO/c1-18(2)11-21(16(18)12-6-4-3-5-7-12)17(22)14-9-8-13(19)10-15(14)20/h3-10,16H,11H2,1-2H3/t16-/m0/s1. The molecule has 1 aliphatic rings. The van der Waals surface area contributed by atoms with Crippen molar-refractivity contribution in [3.63, 3.8) is 0 Å². The molecule has 0 N–H and O–H groups in total. The molecule has 0 spiro atoms. The predicted molar refractivity (Wildman–Crippen MR) is 85.4 cm³/mol. The van der Waals surface area contributed by atoms with Crippen LogP contribution in [0.5, 0.6) is 0 Å². The highest BCUT2D eigenvalue weighted by atomic mass is 35.5. The van der Waals surface area contributed by atoms with Crippen LogP contribution in [-0.4, -0.2) is 17.4 Å². The Hall–Kier alpha value is -1.87. The van der Waals surface area contributed by atoms with E-state index in [0.29, 0.717) is 6.54 Å². The lowest BCUT2D eigenvalue weighted by Crippen LogP contribution is -2.57. The van der Waals surface area contributed by atoms with E-state index < -0.39 is 5.82 Å². The smallest absolute Gasteiger partial charge is 0.257 e. The van der Waals surface area contributed by atoms with Gasteiger partial charge in [0, 0.05) is 17.0 Å². The fourth-order valence-electron chi connectivity index (χ4n) is 3.20. The number of nitrogens with zero attached hydrogens (tertiary/aromatic N) is 1. The zero-order valence-electron chi connectivity index (χ0n) is 12.5. The van der Waals surface area contributed by atoms with E-state index in [1.807, 2.05) is 30.3 Å². The van der Waals surface area contributed by atoms with E-state index >= 15 is 0 Å². The highest BCUT2D eigenvalue weighted by molar-refractivity contribution is 6.30. The quantitative estimate of drug-likeness (QED) is 0.786. The zero-order chi connectivity index (χ0) is 15.9. The molecule has 114 valence electrons. The number of rotatable bonds is 2.